The third-order valence-corrected chi connectivity index (χ3v) is 5.17. The van der Waals surface area contributed by atoms with E-state index in [-0.39, 0.29) is 29.9 Å². The Morgan fingerprint density at radius 1 is 1.34 bits per heavy atom. The number of anilines is 2. The third-order valence-electron chi connectivity index (χ3n) is 5.17. The molecular weight excluding hydrogens is 374 g/mol. The number of H-pyrrole nitrogens is 1. The normalized spacial score (nSPS) is 19.0. The number of ether oxygens (including phenoxy) is 1. The Balaban J connectivity index is 1.39. The average Bonchev–Trinajstić information content (AvgIpc) is 3.35. The number of nitrogens with zero attached hydrogens (tertiary/aromatic N) is 2. The maximum atomic E-state index is 11.8. The first-order chi connectivity index (χ1) is 13.9. The zero-order chi connectivity index (χ0) is 20.5. The van der Waals surface area contributed by atoms with Crippen LogP contribution in [0.2, 0.25) is 0 Å². The second-order valence-corrected chi connectivity index (χ2v) is 7.78. The number of oxazole rings is 1. The van der Waals surface area contributed by atoms with E-state index in [9.17, 15) is 9.59 Å². The van der Waals surface area contributed by atoms with Crippen LogP contribution in [0.15, 0.2) is 33.5 Å². The summed E-state index contributed by atoms with van der Waals surface area (Å²) < 4.78 is 12.2. The molecule has 1 amide bonds. The van der Waals surface area contributed by atoms with E-state index in [2.05, 4.69) is 20.8 Å². The summed E-state index contributed by atoms with van der Waals surface area (Å²) in [6.45, 7) is 3.81. The molecule has 2 atom stereocenters. The van der Waals surface area contributed by atoms with Gasteiger partial charge < -0.3 is 19.8 Å². The van der Waals surface area contributed by atoms with Gasteiger partial charge in [-0.3, -0.25) is 9.67 Å². The van der Waals surface area contributed by atoms with Crippen LogP contribution in [-0.4, -0.2) is 33.0 Å². The van der Waals surface area contributed by atoms with E-state index < -0.39 is 0 Å². The summed E-state index contributed by atoms with van der Waals surface area (Å²) in [5, 5.41) is 13.4. The van der Waals surface area contributed by atoms with E-state index in [1.54, 1.807) is 13.1 Å². The molecule has 1 aliphatic rings. The van der Waals surface area contributed by atoms with E-state index in [0.29, 0.717) is 11.4 Å². The molecule has 0 unspecified atom stereocenters. The van der Waals surface area contributed by atoms with Crippen molar-refractivity contribution in [3.63, 3.8) is 0 Å². The fraction of sp³-hybridized carbons (Fsp3) is 0.450. The summed E-state index contributed by atoms with van der Waals surface area (Å²) in [6.07, 6.45) is 2.10. The first-order valence-electron chi connectivity index (χ1n) is 9.78. The second-order valence-electron chi connectivity index (χ2n) is 7.78. The Kier molecular flexibility index (Phi) is 5.04. The number of alkyl carbamates (subject to hydrolysis) is 1. The maximum Gasteiger partial charge on any atom is 0.419 e. The maximum absolute atomic E-state index is 11.8. The van der Waals surface area contributed by atoms with Gasteiger partial charge in [0, 0.05) is 42.5 Å². The van der Waals surface area contributed by atoms with Gasteiger partial charge in [-0.25, -0.2) is 9.59 Å². The van der Waals surface area contributed by atoms with Crippen LogP contribution in [0, 0.1) is 0 Å². The van der Waals surface area contributed by atoms with Gasteiger partial charge in [0.05, 0.1) is 5.52 Å². The molecule has 9 heteroatoms. The summed E-state index contributed by atoms with van der Waals surface area (Å²) in [5.74, 6) is 0.559. The van der Waals surface area contributed by atoms with Crippen molar-refractivity contribution in [2.24, 2.45) is 7.05 Å². The van der Waals surface area contributed by atoms with E-state index in [4.69, 9.17) is 9.15 Å². The van der Waals surface area contributed by atoms with Crippen molar-refractivity contribution in [1.82, 2.24) is 20.1 Å². The fourth-order valence-electron chi connectivity index (χ4n) is 3.72. The SMILES string of the molecule is CC(C)NC(=O)O[C@@H]1CC[C@H](c2cc(Nc3ccc4c(c3)oc(=O)n4C)n[nH]2)C1. The van der Waals surface area contributed by atoms with Crippen LogP contribution in [0.25, 0.3) is 11.1 Å². The van der Waals surface area contributed by atoms with Gasteiger partial charge in [-0.05, 0) is 45.2 Å². The van der Waals surface area contributed by atoms with Crippen molar-refractivity contribution >= 4 is 28.7 Å². The lowest BCUT2D eigenvalue weighted by Gasteiger charge is -2.14. The standard InChI is InChI=1S/C20H25N5O4/c1-11(2)21-19(26)28-14-6-4-12(8-14)15-10-18(24-23-15)22-13-5-7-16-17(9-13)29-20(27)25(16)3/h5,7,9-12,14H,4,6,8H2,1-3H3,(H,21,26)(H2,22,23,24)/t12-,14+/m0/s1. The number of hydrogen-bond acceptors (Lipinski definition) is 6. The van der Waals surface area contributed by atoms with Crippen LogP contribution in [0.1, 0.15) is 44.7 Å². The molecule has 0 saturated heterocycles. The molecule has 29 heavy (non-hydrogen) atoms. The van der Waals surface area contributed by atoms with E-state index in [1.165, 1.54) is 4.57 Å². The molecular formula is C20H25N5O4. The summed E-state index contributed by atoms with van der Waals surface area (Å²) in [4.78, 5) is 23.4. The van der Waals surface area contributed by atoms with Gasteiger partial charge in [-0.15, -0.1) is 0 Å². The minimum atomic E-state index is -0.390. The topological polar surface area (TPSA) is 114 Å². The number of nitrogens with one attached hydrogen (secondary N) is 3. The summed E-state index contributed by atoms with van der Waals surface area (Å²) >= 11 is 0. The second kappa shape index (κ2) is 7.65. The number of carbonyl (C=O) groups excluding carboxylic acids is 1. The van der Waals surface area contributed by atoms with Gasteiger partial charge in [-0.1, -0.05) is 0 Å². The smallest absolute Gasteiger partial charge is 0.419 e. The molecule has 1 aromatic carbocycles. The Hall–Kier alpha value is -3.23. The molecule has 1 fully saturated rings. The molecule has 9 nitrogen and oxygen atoms in total. The first-order valence-corrected chi connectivity index (χ1v) is 9.78. The lowest BCUT2D eigenvalue weighted by Crippen LogP contribution is -2.33. The molecule has 0 spiro atoms. The summed E-state index contributed by atoms with van der Waals surface area (Å²) in [7, 11) is 1.67. The van der Waals surface area contributed by atoms with Gasteiger partial charge >= 0.3 is 11.8 Å². The number of aromatic amines is 1. The Labute approximate surface area is 167 Å². The van der Waals surface area contributed by atoms with Gasteiger partial charge in [0.15, 0.2) is 11.4 Å². The molecule has 0 radical (unpaired) electrons. The molecule has 4 rings (SSSR count). The molecule has 2 aromatic heterocycles. The van der Waals surface area contributed by atoms with Crippen molar-refractivity contribution < 1.29 is 13.9 Å². The van der Waals surface area contributed by atoms with Crippen LogP contribution in [0.5, 0.6) is 0 Å². The van der Waals surface area contributed by atoms with Crippen LogP contribution >= 0.6 is 0 Å². The number of aromatic nitrogens is 3. The lowest BCUT2D eigenvalue weighted by atomic mass is 10.0. The van der Waals surface area contributed by atoms with Crippen LogP contribution in [-0.2, 0) is 11.8 Å². The highest BCUT2D eigenvalue weighted by Crippen LogP contribution is 2.36. The Bertz CT molecular complexity index is 1080. The van der Waals surface area contributed by atoms with Crippen molar-refractivity contribution in [1.29, 1.82) is 0 Å². The van der Waals surface area contributed by atoms with E-state index >= 15 is 0 Å². The monoisotopic (exact) mass is 399 g/mol. The first kappa shape index (κ1) is 19.1. The Morgan fingerprint density at radius 2 is 2.17 bits per heavy atom. The van der Waals surface area contributed by atoms with Crippen LogP contribution < -0.4 is 16.4 Å². The average molecular weight is 399 g/mol. The molecule has 1 saturated carbocycles. The third kappa shape index (κ3) is 4.13. The molecule has 3 N–H and O–H groups in total. The van der Waals surface area contributed by atoms with Crippen molar-refractivity contribution in [2.45, 2.75) is 51.2 Å². The number of amides is 1. The van der Waals surface area contributed by atoms with Crippen LogP contribution in [0.3, 0.4) is 0 Å². The van der Waals surface area contributed by atoms with Gasteiger partial charge in [0.1, 0.15) is 6.10 Å². The summed E-state index contributed by atoms with van der Waals surface area (Å²) in [6, 6.07) is 7.50. The highest BCUT2D eigenvalue weighted by atomic mass is 16.6. The molecule has 0 bridgehead atoms. The summed E-state index contributed by atoms with van der Waals surface area (Å²) in [5.41, 5.74) is 3.05. The van der Waals surface area contributed by atoms with Crippen molar-refractivity contribution in [3.8, 4) is 0 Å². The number of fused-ring (bicyclic) bond motifs is 1. The van der Waals surface area contributed by atoms with Crippen molar-refractivity contribution in [2.75, 3.05) is 5.32 Å². The zero-order valence-corrected chi connectivity index (χ0v) is 16.7. The van der Waals surface area contributed by atoms with Gasteiger partial charge in [-0.2, -0.15) is 5.10 Å². The number of rotatable bonds is 5. The fourth-order valence-corrected chi connectivity index (χ4v) is 3.72. The predicted octanol–water partition coefficient (Wildman–Crippen LogP) is 3.37. The van der Waals surface area contributed by atoms with Gasteiger partial charge in [0.25, 0.3) is 0 Å². The zero-order valence-electron chi connectivity index (χ0n) is 16.7. The predicted molar refractivity (Wildman–Crippen MR) is 108 cm³/mol. The number of hydrogen-bond donors (Lipinski definition) is 3. The van der Waals surface area contributed by atoms with Gasteiger partial charge in [0.2, 0.25) is 0 Å². The largest absolute Gasteiger partial charge is 0.446 e. The number of benzene rings is 1. The number of aryl methyl sites for hydroxylation is 1. The quantitative estimate of drug-likeness (QED) is 0.606. The number of carbonyl (C=O) groups is 1. The lowest BCUT2D eigenvalue weighted by molar-refractivity contribution is 0.0981. The molecule has 3 aromatic rings. The Morgan fingerprint density at radius 3 is 2.97 bits per heavy atom. The minimum Gasteiger partial charge on any atom is -0.446 e. The molecule has 1 aliphatic carbocycles. The minimum absolute atomic E-state index is 0.0593. The molecule has 2 heterocycles. The highest BCUT2D eigenvalue weighted by molar-refractivity contribution is 5.78. The van der Waals surface area contributed by atoms with Crippen molar-refractivity contribution in [3.05, 3.63) is 40.5 Å². The van der Waals surface area contributed by atoms with E-state index in [1.807, 2.05) is 32.0 Å². The van der Waals surface area contributed by atoms with Crippen LogP contribution in [0.4, 0.5) is 16.3 Å². The van der Waals surface area contributed by atoms with E-state index in [0.717, 1.165) is 36.2 Å². The highest BCUT2D eigenvalue weighted by Gasteiger charge is 2.30. The molecule has 154 valence electrons. The molecule has 0 aliphatic heterocycles.